The maximum absolute atomic E-state index is 12.7. The number of likely N-dealkylation sites (N-methyl/N-ethyl adjacent to an activating group) is 1. The van der Waals surface area contributed by atoms with Crippen molar-refractivity contribution in [2.24, 2.45) is 11.1 Å². The standard InChI is InChI=1S/C15H23N3O/c1-15(2)10-17(3)13(9-16)14(19)18(11-15)12-7-5-4-6-8-12/h4-8,13H,9-11,16H2,1-3H3. The molecule has 0 saturated carbocycles. The summed E-state index contributed by atoms with van der Waals surface area (Å²) in [6, 6.07) is 9.61. The fourth-order valence-corrected chi connectivity index (χ4v) is 2.82. The fraction of sp³-hybridized carbons (Fsp3) is 0.533. The Labute approximate surface area is 115 Å². The van der Waals surface area contributed by atoms with Gasteiger partial charge in [-0.25, -0.2) is 0 Å². The Morgan fingerprint density at radius 2 is 1.89 bits per heavy atom. The Balaban J connectivity index is 2.38. The van der Waals surface area contributed by atoms with E-state index in [1.165, 1.54) is 0 Å². The summed E-state index contributed by atoms with van der Waals surface area (Å²) in [7, 11) is 1.98. The van der Waals surface area contributed by atoms with Crippen molar-refractivity contribution in [1.29, 1.82) is 0 Å². The van der Waals surface area contributed by atoms with Crippen molar-refractivity contribution in [3.63, 3.8) is 0 Å². The van der Waals surface area contributed by atoms with Crippen LogP contribution in [0.2, 0.25) is 0 Å². The third-order valence-electron chi connectivity index (χ3n) is 3.64. The van der Waals surface area contributed by atoms with E-state index in [1.54, 1.807) is 0 Å². The molecule has 1 saturated heterocycles. The van der Waals surface area contributed by atoms with E-state index in [9.17, 15) is 4.79 Å². The summed E-state index contributed by atoms with van der Waals surface area (Å²) in [5.41, 5.74) is 6.79. The summed E-state index contributed by atoms with van der Waals surface area (Å²) in [5, 5.41) is 0. The predicted octanol–water partition coefficient (Wildman–Crippen LogP) is 1.32. The first-order valence-electron chi connectivity index (χ1n) is 6.71. The minimum absolute atomic E-state index is 0.0458. The topological polar surface area (TPSA) is 49.6 Å². The summed E-state index contributed by atoms with van der Waals surface area (Å²) in [6.45, 7) is 6.31. The van der Waals surface area contributed by atoms with Gasteiger partial charge >= 0.3 is 0 Å². The molecule has 1 heterocycles. The zero-order valence-electron chi connectivity index (χ0n) is 12.0. The summed E-state index contributed by atoms with van der Waals surface area (Å²) < 4.78 is 0. The Morgan fingerprint density at radius 1 is 1.26 bits per heavy atom. The molecule has 0 aromatic heterocycles. The van der Waals surface area contributed by atoms with Crippen LogP contribution in [0.15, 0.2) is 30.3 Å². The van der Waals surface area contributed by atoms with Gasteiger partial charge in [0.1, 0.15) is 6.04 Å². The molecule has 1 aliphatic heterocycles. The Bertz CT molecular complexity index is 444. The molecule has 1 atom stereocenters. The lowest BCUT2D eigenvalue weighted by Gasteiger charge is -2.29. The van der Waals surface area contributed by atoms with Gasteiger partial charge in [0.25, 0.3) is 0 Å². The first kappa shape index (κ1) is 14.0. The van der Waals surface area contributed by atoms with Crippen LogP contribution in [0, 0.1) is 5.41 Å². The molecular weight excluding hydrogens is 238 g/mol. The average molecular weight is 261 g/mol. The molecule has 1 aliphatic rings. The van der Waals surface area contributed by atoms with Crippen molar-refractivity contribution in [2.75, 3.05) is 31.6 Å². The first-order chi connectivity index (χ1) is 8.94. The lowest BCUT2D eigenvalue weighted by atomic mass is 9.92. The van der Waals surface area contributed by atoms with E-state index in [0.29, 0.717) is 6.54 Å². The highest BCUT2D eigenvalue weighted by molar-refractivity contribution is 5.97. The van der Waals surface area contributed by atoms with Crippen LogP contribution in [0.1, 0.15) is 13.8 Å². The molecule has 0 radical (unpaired) electrons. The third kappa shape index (κ3) is 2.96. The van der Waals surface area contributed by atoms with E-state index < -0.39 is 0 Å². The highest BCUT2D eigenvalue weighted by Gasteiger charge is 2.37. The number of hydrogen-bond acceptors (Lipinski definition) is 3. The maximum Gasteiger partial charge on any atom is 0.245 e. The van der Waals surface area contributed by atoms with E-state index in [0.717, 1.165) is 18.8 Å². The highest BCUT2D eigenvalue weighted by atomic mass is 16.2. The van der Waals surface area contributed by atoms with Gasteiger partial charge in [-0.3, -0.25) is 9.69 Å². The van der Waals surface area contributed by atoms with Gasteiger partial charge in [0.15, 0.2) is 0 Å². The van der Waals surface area contributed by atoms with Crippen LogP contribution in [0.5, 0.6) is 0 Å². The smallest absolute Gasteiger partial charge is 0.245 e. The van der Waals surface area contributed by atoms with Crippen LogP contribution in [0.25, 0.3) is 0 Å². The summed E-state index contributed by atoms with van der Waals surface area (Å²) >= 11 is 0. The van der Waals surface area contributed by atoms with E-state index in [1.807, 2.05) is 42.3 Å². The molecule has 104 valence electrons. The van der Waals surface area contributed by atoms with Gasteiger partial charge in [-0.2, -0.15) is 0 Å². The van der Waals surface area contributed by atoms with Gasteiger partial charge in [-0.05, 0) is 24.6 Å². The molecule has 19 heavy (non-hydrogen) atoms. The van der Waals surface area contributed by atoms with E-state index in [2.05, 4.69) is 18.7 Å². The van der Waals surface area contributed by atoms with Crippen LogP contribution < -0.4 is 10.6 Å². The Kier molecular flexibility index (Phi) is 3.92. The van der Waals surface area contributed by atoms with Crippen LogP contribution in [0.3, 0.4) is 0 Å². The second-order valence-electron chi connectivity index (χ2n) is 6.09. The van der Waals surface area contributed by atoms with Crippen LogP contribution >= 0.6 is 0 Å². The minimum Gasteiger partial charge on any atom is -0.328 e. The first-order valence-corrected chi connectivity index (χ1v) is 6.71. The Hall–Kier alpha value is -1.39. The van der Waals surface area contributed by atoms with Crippen molar-refractivity contribution in [2.45, 2.75) is 19.9 Å². The van der Waals surface area contributed by atoms with E-state index >= 15 is 0 Å². The molecule has 0 spiro atoms. The molecule has 1 aromatic carbocycles. The number of carbonyl (C=O) groups excluding carboxylic acids is 1. The molecule has 4 heteroatoms. The minimum atomic E-state index is -0.234. The normalized spacial score (nSPS) is 24.3. The zero-order valence-corrected chi connectivity index (χ0v) is 12.0. The van der Waals surface area contributed by atoms with Gasteiger partial charge in [0.05, 0.1) is 0 Å². The Morgan fingerprint density at radius 3 is 2.47 bits per heavy atom. The van der Waals surface area contributed by atoms with Crippen LogP contribution in [-0.4, -0.2) is 43.5 Å². The summed E-state index contributed by atoms with van der Waals surface area (Å²) in [6.07, 6.45) is 0. The summed E-state index contributed by atoms with van der Waals surface area (Å²) in [4.78, 5) is 16.6. The molecule has 4 nitrogen and oxygen atoms in total. The monoisotopic (exact) mass is 261 g/mol. The quantitative estimate of drug-likeness (QED) is 0.873. The molecule has 0 bridgehead atoms. The molecule has 1 aromatic rings. The van der Waals surface area contributed by atoms with Crippen molar-refractivity contribution >= 4 is 11.6 Å². The molecule has 2 N–H and O–H groups in total. The lowest BCUT2D eigenvalue weighted by Crippen LogP contribution is -2.48. The number of anilines is 1. The molecule has 0 aliphatic carbocycles. The number of amides is 1. The van der Waals surface area contributed by atoms with Gasteiger partial charge in [0, 0.05) is 25.3 Å². The van der Waals surface area contributed by atoms with E-state index in [-0.39, 0.29) is 17.4 Å². The van der Waals surface area contributed by atoms with Gasteiger partial charge < -0.3 is 10.6 Å². The predicted molar refractivity (Wildman–Crippen MR) is 78.0 cm³/mol. The molecule has 2 rings (SSSR count). The van der Waals surface area contributed by atoms with E-state index in [4.69, 9.17) is 5.73 Å². The number of rotatable bonds is 2. The van der Waals surface area contributed by atoms with Gasteiger partial charge in [-0.1, -0.05) is 32.0 Å². The lowest BCUT2D eigenvalue weighted by molar-refractivity contribution is -0.122. The number of nitrogens with two attached hydrogens (primary N) is 1. The van der Waals surface area contributed by atoms with Crippen molar-refractivity contribution in [1.82, 2.24) is 4.90 Å². The number of para-hydroxylation sites is 1. The second kappa shape index (κ2) is 5.31. The number of carbonyl (C=O) groups is 1. The maximum atomic E-state index is 12.7. The number of benzene rings is 1. The van der Waals surface area contributed by atoms with Crippen molar-refractivity contribution < 1.29 is 4.79 Å². The molecule has 1 amide bonds. The van der Waals surface area contributed by atoms with Crippen molar-refractivity contribution in [3.05, 3.63) is 30.3 Å². The van der Waals surface area contributed by atoms with Crippen LogP contribution in [0.4, 0.5) is 5.69 Å². The van der Waals surface area contributed by atoms with Crippen molar-refractivity contribution in [3.8, 4) is 0 Å². The molecular formula is C15H23N3O. The summed E-state index contributed by atoms with van der Waals surface area (Å²) in [5.74, 6) is 0.0989. The second-order valence-corrected chi connectivity index (χ2v) is 6.09. The average Bonchev–Trinajstić information content (AvgIpc) is 2.45. The third-order valence-corrected chi connectivity index (χ3v) is 3.64. The van der Waals surface area contributed by atoms with Gasteiger partial charge in [-0.15, -0.1) is 0 Å². The molecule has 1 fully saturated rings. The largest absolute Gasteiger partial charge is 0.328 e. The van der Waals surface area contributed by atoms with Crippen LogP contribution in [-0.2, 0) is 4.79 Å². The number of nitrogens with zero attached hydrogens (tertiary/aromatic N) is 2. The highest BCUT2D eigenvalue weighted by Crippen LogP contribution is 2.27. The fourth-order valence-electron chi connectivity index (χ4n) is 2.82. The SMILES string of the molecule is CN1CC(C)(C)CN(c2ccccc2)C(=O)C1CN. The van der Waals surface area contributed by atoms with Gasteiger partial charge in [0.2, 0.25) is 5.91 Å². The number of hydrogen-bond donors (Lipinski definition) is 1. The molecule has 1 unspecified atom stereocenters. The zero-order chi connectivity index (χ0) is 14.0.